The summed E-state index contributed by atoms with van der Waals surface area (Å²) in [5, 5.41) is 0. The third kappa shape index (κ3) is 4.84. The van der Waals surface area contributed by atoms with E-state index in [4.69, 9.17) is 9.47 Å². The fourth-order valence-corrected chi connectivity index (χ4v) is 0.792. The number of amides is 1. The molecule has 1 amide bonds. The third-order valence-electron chi connectivity index (χ3n) is 1.38. The molecule has 0 N–H and O–H groups in total. The minimum Gasteiger partial charge on any atom is -0.480 e. The van der Waals surface area contributed by atoms with Gasteiger partial charge >= 0.3 is 6.09 Å². The molecule has 0 spiro atoms. The topological polar surface area (TPSA) is 47.9 Å². The summed E-state index contributed by atoms with van der Waals surface area (Å²) in [5.41, 5.74) is -0.275. The van der Waals surface area contributed by atoms with Crippen LogP contribution in [-0.4, -0.2) is 25.2 Å². The van der Waals surface area contributed by atoms with E-state index in [1.54, 1.807) is 6.92 Å². The van der Waals surface area contributed by atoms with Gasteiger partial charge in [0.2, 0.25) is 0 Å². The Balaban J connectivity index is 4.56. The lowest BCUT2D eigenvalue weighted by Crippen LogP contribution is -2.25. The lowest BCUT2D eigenvalue weighted by molar-refractivity contribution is 0.161. The first kappa shape index (κ1) is 12.9. The van der Waals surface area contributed by atoms with Crippen LogP contribution in [0.4, 0.5) is 4.79 Å². The van der Waals surface area contributed by atoms with E-state index in [1.807, 2.05) is 27.7 Å². The molecule has 0 saturated carbocycles. The number of rotatable bonds is 2. The van der Waals surface area contributed by atoms with Crippen molar-refractivity contribution in [3.63, 3.8) is 0 Å². The van der Waals surface area contributed by atoms with Crippen molar-refractivity contribution in [3.8, 4) is 0 Å². The zero-order valence-electron chi connectivity index (χ0n) is 9.59. The molecule has 0 aromatic heterocycles. The highest BCUT2D eigenvalue weighted by Crippen LogP contribution is 2.17. The summed E-state index contributed by atoms with van der Waals surface area (Å²) in [6.07, 6.45) is -0.592. The average molecular weight is 201 g/mol. The van der Waals surface area contributed by atoms with Gasteiger partial charge in [-0.05, 0) is 13.8 Å². The van der Waals surface area contributed by atoms with Crippen LogP contribution >= 0.6 is 0 Å². The standard InChI is InChI=1S/C10H19NO3/c1-6-13-8(10(3,4)5)11-9(12)14-7-2/h6-7H2,1-5H3/b11-8+. The van der Waals surface area contributed by atoms with Gasteiger partial charge in [-0.1, -0.05) is 20.8 Å². The number of ether oxygens (including phenoxy) is 2. The summed E-state index contributed by atoms with van der Waals surface area (Å²) in [6, 6.07) is 0. The van der Waals surface area contributed by atoms with E-state index < -0.39 is 6.09 Å². The van der Waals surface area contributed by atoms with Gasteiger partial charge in [0, 0.05) is 5.41 Å². The molecule has 0 atom stereocenters. The monoisotopic (exact) mass is 201 g/mol. The first-order valence-corrected chi connectivity index (χ1v) is 4.80. The second kappa shape index (κ2) is 5.62. The number of nitrogens with zero attached hydrogens (tertiary/aromatic N) is 1. The minimum atomic E-state index is -0.592. The second-order valence-corrected chi connectivity index (χ2v) is 3.80. The Labute approximate surface area is 85.3 Å². The smallest absolute Gasteiger partial charge is 0.436 e. The van der Waals surface area contributed by atoms with Gasteiger partial charge in [-0.3, -0.25) is 0 Å². The van der Waals surface area contributed by atoms with Crippen molar-refractivity contribution >= 4 is 12.0 Å². The first-order chi connectivity index (χ1) is 6.41. The molecule has 14 heavy (non-hydrogen) atoms. The molecule has 0 aliphatic rings. The Bertz CT molecular complexity index is 216. The maximum atomic E-state index is 11.1. The van der Waals surface area contributed by atoms with Gasteiger partial charge in [0.25, 0.3) is 0 Å². The molecule has 0 rings (SSSR count). The highest BCUT2D eigenvalue weighted by atomic mass is 16.6. The van der Waals surface area contributed by atoms with Crippen molar-refractivity contribution in [1.82, 2.24) is 0 Å². The van der Waals surface area contributed by atoms with Gasteiger partial charge < -0.3 is 9.47 Å². The molecule has 0 bridgehead atoms. The van der Waals surface area contributed by atoms with E-state index in [0.717, 1.165) is 0 Å². The van der Waals surface area contributed by atoms with Crippen molar-refractivity contribution in [2.75, 3.05) is 13.2 Å². The highest BCUT2D eigenvalue weighted by Gasteiger charge is 2.22. The van der Waals surface area contributed by atoms with Crippen LogP contribution in [0.15, 0.2) is 4.99 Å². The number of hydrogen-bond donors (Lipinski definition) is 0. The van der Waals surface area contributed by atoms with Crippen LogP contribution < -0.4 is 0 Å². The van der Waals surface area contributed by atoms with Crippen LogP contribution in [0, 0.1) is 5.41 Å². The van der Waals surface area contributed by atoms with Crippen LogP contribution in [0.25, 0.3) is 0 Å². The molecule has 82 valence electrons. The van der Waals surface area contributed by atoms with Crippen molar-refractivity contribution < 1.29 is 14.3 Å². The fourth-order valence-electron chi connectivity index (χ4n) is 0.792. The van der Waals surface area contributed by atoms with E-state index in [9.17, 15) is 4.79 Å². The quantitative estimate of drug-likeness (QED) is 0.509. The summed E-state index contributed by atoms with van der Waals surface area (Å²) < 4.78 is 9.98. The maximum absolute atomic E-state index is 11.1. The van der Waals surface area contributed by atoms with Gasteiger partial charge in [-0.2, -0.15) is 0 Å². The number of carbonyl (C=O) groups excluding carboxylic acids is 1. The largest absolute Gasteiger partial charge is 0.480 e. The molecule has 0 saturated heterocycles. The predicted octanol–water partition coefficient (Wildman–Crippen LogP) is 2.62. The van der Waals surface area contributed by atoms with Crippen LogP contribution in [0.5, 0.6) is 0 Å². The molecule has 0 aromatic rings. The zero-order valence-corrected chi connectivity index (χ0v) is 9.59. The minimum absolute atomic E-state index is 0.275. The molecule has 0 unspecified atom stereocenters. The second-order valence-electron chi connectivity index (χ2n) is 3.80. The lowest BCUT2D eigenvalue weighted by atomic mass is 9.97. The SMILES string of the molecule is CCOC(=O)/N=C(/OCC)C(C)(C)C. The third-order valence-corrected chi connectivity index (χ3v) is 1.38. The Morgan fingerprint density at radius 2 is 1.64 bits per heavy atom. The highest BCUT2D eigenvalue weighted by molar-refractivity contribution is 5.91. The van der Waals surface area contributed by atoms with Crippen LogP contribution in [0.1, 0.15) is 34.6 Å². The van der Waals surface area contributed by atoms with Gasteiger partial charge in [0.1, 0.15) is 0 Å². The number of hydrogen-bond acceptors (Lipinski definition) is 3. The molecule has 0 heterocycles. The first-order valence-electron chi connectivity index (χ1n) is 4.80. The van der Waals surface area contributed by atoms with E-state index >= 15 is 0 Å². The Morgan fingerprint density at radius 3 is 2.00 bits per heavy atom. The molecule has 0 aliphatic carbocycles. The summed E-state index contributed by atoms with van der Waals surface area (Å²) in [5.74, 6) is 0.415. The Hall–Kier alpha value is -1.06. The van der Waals surface area contributed by atoms with E-state index in [-0.39, 0.29) is 5.41 Å². The summed E-state index contributed by atoms with van der Waals surface area (Å²) in [7, 11) is 0. The van der Waals surface area contributed by atoms with Crippen molar-refractivity contribution in [2.45, 2.75) is 34.6 Å². The molecular formula is C10H19NO3. The van der Waals surface area contributed by atoms with Gasteiger partial charge in [-0.15, -0.1) is 4.99 Å². The average Bonchev–Trinajstić information content (AvgIpc) is 2.02. The van der Waals surface area contributed by atoms with Crippen LogP contribution in [0.2, 0.25) is 0 Å². The molecule has 0 fully saturated rings. The molecule has 0 radical (unpaired) electrons. The van der Waals surface area contributed by atoms with Crippen molar-refractivity contribution in [2.24, 2.45) is 10.4 Å². The van der Waals surface area contributed by atoms with Crippen molar-refractivity contribution in [1.29, 1.82) is 0 Å². The van der Waals surface area contributed by atoms with Crippen LogP contribution in [0.3, 0.4) is 0 Å². The normalized spacial score (nSPS) is 12.5. The Kier molecular flexibility index (Phi) is 5.20. The van der Waals surface area contributed by atoms with Crippen molar-refractivity contribution in [3.05, 3.63) is 0 Å². The predicted molar refractivity (Wildman–Crippen MR) is 55.5 cm³/mol. The van der Waals surface area contributed by atoms with Gasteiger partial charge in [0.05, 0.1) is 13.2 Å². The number of aliphatic imine (C=N–C) groups is 1. The van der Waals surface area contributed by atoms with Gasteiger partial charge in [-0.25, -0.2) is 4.79 Å². The van der Waals surface area contributed by atoms with E-state index in [0.29, 0.717) is 19.1 Å². The summed E-state index contributed by atoms with van der Waals surface area (Å²) in [6.45, 7) is 10.2. The molecule has 4 heteroatoms. The van der Waals surface area contributed by atoms with E-state index in [1.165, 1.54) is 0 Å². The number of carbonyl (C=O) groups is 1. The Morgan fingerprint density at radius 1 is 1.14 bits per heavy atom. The zero-order chi connectivity index (χ0) is 11.2. The van der Waals surface area contributed by atoms with Crippen LogP contribution in [-0.2, 0) is 9.47 Å². The molecular weight excluding hydrogens is 182 g/mol. The maximum Gasteiger partial charge on any atom is 0.436 e. The lowest BCUT2D eigenvalue weighted by Gasteiger charge is -2.20. The van der Waals surface area contributed by atoms with E-state index in [2.05, 4.69) is 4.99 Å². The molecule has 0 aliphatic heterocycles. The molecule has 0 aromatic carbocycles. The fraction of sp³-hybridized carbons (Fsp3) is 0.800. The summed E-state index contributed by atoms with van der Waals surface area (Å²) in [4.78, 5) is 14.8. The summed E-state index contributed by atoms with van der Waals surface area (Å²) >= 11 is 0. The van der Waals surface area contributed by atoms with Gasteiger partial charge in [0.15, 0.2) is 5.90 Å². The molecule has 4 nitrogen and oxygen atoms in total.